The third-order valence-corrected chi connectivity index (χ3v) is 5.78. The van der Waals surface area contributed by atoms with E-state index in [0.717, 1.165) is 36.9 Å². The number of urea groups is 1. The number of allylic oxidation sites excluding steroid dienone is 3. The van der Waals surface area contributed by atoms with Gasteiger partial charge in [0.15, 0.2) is 0 Å². The predicted molar refractivity (Wildman–Crippen MR) is 114 cm³/mol. The lowest BCUT2D eigenvalue weighted by Gasteiger charge is -2.29. The van der Waals surface area contributed by atoms with Crippen LogP contribution >= 0.6 is 0 Å². The summed E-state index contributed by atoms with van der Waals surface area (Å²) in [6.45, 7) is 0.393. The van der Waals surface area contributed by atoms with Crippen molar-refractivity contribution in [3.63, 3.8) is 0 Å². The highest BCUT2D eigenvalue weighted by Crippen LogP contribution is 2.32. The molecule has 1 N–H and O–H groups in total. The standard InChI is InChI=1S/C23H25F3N4O2/c24-23(25,26)21-29-28-20(32-21)17-13-11-16(12-14-17)15-30(19-9-5-2-6-10-19)22(31)27-18-7-3-1-4-8-18/h2,5-6,9-11,13,18H,1,3-4,7-8,12,14-15H2,(H,27,31). The molecule has 4 rings (SSSR count). The minimum Gasteiger partial charge on any atom is -0.413 e. The zero-order valence-electron chi connectivity index (χ0n) is 17.6. The Bertz CT molecular complexity index is 992. The molecule has 0 unspecified atom stereocenters. The number of halogens is 3. The number of carbonyl (C=O) groups excluding carboxylic acids is 1. The maximum atomic E-state index is 13.1. The zero-order chi connectivity index (χ0) is 22.6. The molecule has 1 fully saturated rings. The number of aromatic nitrogens is 2. The number of benzene rings is 1. The molecule has 6 nitrogen and oxygen atoms in total. The van der Waals surface area contributed by atoms with Crippen molar-refractivity contribution in [1.29, 1.82) is 0 Å². The normalized spacial score (nSPS) is 17.5. The highest BCUT2D eigenvalue weighted by Gasteiger charge is 2.38. The Labute approximate surface area is 184 Å². The molecule has 1 heterocycles. The first kappa shape index (κ1) is 22.1. The van der Waals surface area contributed by atoms with Crippen molar-refractivity contribution in [3.05, 3.63) is 59.8 Å². The van der Waals surface area contributed by atoms with Gasteiger partial charge in [0, 0.05) is 23.8 Å². The van der Waals surface area contributed by atoms with E-state index in [1.807, 2.05) is 36.4 Å². The molecule has 2 amide bonds. The van der Waals surface area contributed by atoms with Crippen molar-refractivity contribution < 1.29 is 22.4 Å². The molecule has 0 atom stereocenters. The Morgan fingerprint density at radius 3 is 2.44 bits per heavy atom. The smallest absolute Gasteiger partial charge is 0.413 e. The van der Waals surface area contributed by atoms with E-state index in [2.05, 4.69) is 15.5 Å². The van der Waals surface area contributed by atoms with Crippen molar-refractivity contribution in [3.8, 4) is 0 Å². The summed E-state index contributed by atoms with van der Waals surface area (Å²) in [5.74, 6) is -1.47. The minimum atomic E-state index is -4.66. The largest absolute Gasteiger partial charge is 0.470 e. The van der Waals surface area contributed by atoms with Crippen molar-refractivity contribution >= 4 is 17.3 Å². The summed E-state index contributed by atoms with van der Waals surface area (Å²) >= 11 is 0. The second-order valence-corrected chi connectivity index (χ2v) is 8.13. The number of rotatable bonds is 5. The highest BCUT2D eigenvalue weighted by atomic mass is 19.4. The van der Waals surface area contributed by atoms with Crippen LogP contribution in [0.15, 0.2) is 52.5 Å². The lowest BCUT2D eigenvalue weighted by atomic mass is 9.95. The Morgan fingerprint density at radius 1 is 1.06 bits per heavy atom. The minimum absolute atomic E-state index is 0.123. The second kappa shape index (κ2) is 9.58. The summed E-state index contributed by atoms with van der Waals surface area (Å²) in [6, 6.07) is 9.51. The van der Waals surface area contributed by atoms with Crippen LogP contribution in [0.25, 0.3) is 5.57 Å². The van der Waals surface area contributed by atoms with E-state index >= 15 is 0 Å². The lowest BCUT2D eigenvalue weighted by molar-refractivity contribution is -0.157. The number of hydrogen-bond acceptors (Lipinski definition) is 4. The van der Waals surface area contributed by atoms with Crippen LogP contribution < -0.4 is 10.2 Å². The zero-order valence-corrected chi connectivity index (χ0v) is 17.6. The topological polar surface area (TPSA) is 71.3 Å². The lowest BCUT2D eigenvalue weighted by Crippen LogP contribution is -2.46. The molecule has 2 aliphatic carbocycles. The van der Waals surface area contributed by atoms with Gasteiger partial charge in [-0.25, -0.2) is 4.79 Å². The van der Waals surface area contributed by atoms with E-state index in [4.69, 9.17) is 4.42 Å². The molecule has 0 aliphatic heterocycles. The van der Waals surface area contributed by atoms with Gasteiger partial charge in [-0.3, -0.25) is 4.90 Å². The van der Waals surface area contributed by atoms with Crippen molar-refractivity contribution in [2.24, 2.45) is 0 Å². The summed E-state index contributed by atoms with van der Waals surface area (Å²) in [6.07, 6.45) is 5.33. The summed E-state index contributed by atoms with van der Waals surface area (Å²) in [7, 11) is 0. The van der Waals surface area contributed by atoms with E-state index in [-0.39, 0.29) is 18.0 Å². The molecule has 0 saturated heterocycles. The van der Waals surface area contributed by atoms with Crippen LogP contribution in [0.5, 0.6) is 0 Å². The highest BCUT2D eigenvalue weighted by molar-refractivity contribution is 5.92. The average molecular weight is 446 g/mol. The number of carbonyl (C=O) groups is 1. The van der Waals surface area contributed by atoms with Gasteiger partial charge in [-0.05, 0) is 37.8 Å². The summed E-state index contributed by atoms with van der Waals surface area (Å²) in [4.78, 5) is 14.8. The molecular weight excluding hydrogens is 421 g/mol. The maximum Gasteiger partial charge on any atom is 0.470 e. The van der Waals surface area contributed by atoms with Gasteiger partial charge in [0.05, 0.1) is 0 Å². The van der Waals surface area contributed by atoms with Crippen molar-refractivity contribution in [2.75, 3.05) is 11.4 Å². The second-order valence-electron chi connectivity index (χ2n) is 8.13. The van der Waals surface area contributed by atoms with Crippen LogP contribution in [-0.2, 0) is 6.18 Å². The van der Waals surface area contributed by atoms with Crippen LogP contribution in [0.3, 0.4) is 0 Å². The number of alkyl halides is 3. The Hall–Kier alpha value is -3.10. The maximum absolute atomic E-state index is 13.1. The molecule has 9 heteroatoms. The fraction of sp³-hybridized carbons (Fsp3) is 0.435. The van der Waals surface area contributed by atoms with Crippen molar-refractivity contribution in [2.45, 2.75) is 57.2 Å². The number of anilines is 1. The van der Waals surface area contributed by atoms with Crippen LogP contribution in [0.2, 0.25) is 0 Å². The molecule has 1 saturated carbocycles. The Kier molecular flexibility index (Phi) is 6.62. The Balaban J connectivity index is 1.48. The van der Waals surface area contributed by atoms with Crippen LogP contribution in [0.1, 0.15) is 56.7 Å². The van der Waals surface area contributed by atoms with E-state index in [0.29, 0.717) is 25.0 Å². The number of nitrogens with zero attached hydrogens (tertiary/aromatic N) is 3. The first-order chi connectivity index (χ1) is 15.4. The van der Waals surface area contributed by atoms with Gasteiger partial charge in [0.25, 0.3) is 0 Å². The van der Waals surface area contributed by atoms with Gasteiger partial charge in [0.2, 0.25) is 5.89 Å². The molecule has 32 heavy (non-hydrogen) atoms. The predicted octanol–water partition coefficient (Wildman–Crippen LogP) is 5.74. The SMILES string of the molecule is O=C(NC1CCCCC1)N(CC1=CC=C(c2nnc(C(F)(F)F)o2)CC1)c1ccccc1. The van der Waals surface area contributed by atoms with E-state index in [1.54, 1.807) is 11.0 Å². The fourth-order valence-electron chi connectivity index (χ4n) is 4.05. The molecule has 2 aromatic rings. The molecule has 0 spiro atoms. The summed E-state index contributed by atoms with van der Waals surface area (Å²) < 4.78 is 42.9. The monoisotopic (exact) mass is 446 g/mol. The molecule has 1 aromatic heterocycles. The molecule has 1 aromatic carbocycles. The molecule has 2 aliphatic rings. The van der Waals surface area contributed by atoms with Crippen LogP contribution in [-0.4, -0.2) is 28.8 Å². The van der Waals surface area contributed by atoms with Gasteiger partial charge < -0.3 is 9.73 Å². The van der Waals surface area contributed by atoms with Crippen LogP contribution in [0.4, 0.5) is 23.7 Å². The number of hydrogen-bond donors (Lipinski definition) is 1. The third-order valence-electron chi connectivity index (χ3n) is 5.78. The first-order valence-corrected chi connectivity index (χ1v) is 10.8. The van der Waals surface area contributed by atoms with Crippen molar-refractivity contribution in [1.82, 2.24) is 15.5 Å². The van der Waals surface area contributed by atoms with Gasteiger partial charge in [-0.1, -0.05) is 55.2 Å². The first-order valence-electron chi connectivity index (χ1n) is 10.8. The molecule has 0 radical (unpaired) electrons. The molecule has 170 valence electrons. The van der Waals surface area contributed by atoms with Gasteiger partial charge in [-0.2, -0.15) is 13.2 Å². The van der Waals surface area contributed by atoms with Gasteiger partial charge in [0.1, 0.15) is 0 Å². The fourth-order valence-corrected chi connectivity index (χ4v) is 4.05. The van der Waals surface area contributed by atoms with Gasteiger partial charge in [-0.15, -0.1) is 10.2 Å². The number of amides is 2. The van der Waals surface area contributed by atoms with E-state index < -0.39 is 12.1 Å². The molecule has 0 bridgehead atoms. The molecular formula is C23H25F3N4O2. The number of para-hydroxylation sites is 1. The Morgan fingerprint density at radius 2 is 1.81 bits per heavy atom. The number of nitrogens with one attached hydrogen (secondary N) is 1. The summed E-state index contributed by atoms with van der Waals surface area (Å²) in [5.41, 5.74) is 2.34. The van der Waals surface area contributed by atoms with Gasteiger partial charge >= 0.3 is 18.1 Å². The average Bonchev–Trinajstić information content (AvgIpc) is 3.30. The van der Waals surface area contributed by atoms with Crippen LogP contribution in [0, 0.1) is 0 Å². The third kappa shape index (κ3) is 5.38. The summed E-state index contributed by atoms with van der Waals surface area (Å²) in [5, 5.41) is 9.77. The quantitative estimate of drug-likeness (QED) is 0.636. The van der Waals surface area contributed by atoms with E-state index in [1.165, 1.54) is 6.42 Å². The van der Waals surface area contributed by atoms with E-state index in [9.17, 15) is 18.0 Å².